The van der Waals surface area contributed by atoms with Crippen LogP contribution in [0.5, 0.6) is 0 Å². The van der Waals surface area contributed by atoms with Gasteiger partial charge in [0.05, 0.1) is 12.7 Å². The Hall–Kier alpha value is -2.59. The van der Waals surface area contributed by atoms with Gasteiger partial charge in [-0.1, -0.05) is 60.7 Å². The molecular formula is C29H31F3O. The van der Waals surface area contributed by atoms with E-state index >= 15 is 0 Å². The van der Waals surface area contributed by atoms with Gasteiger partial charge in [0.2, 0.25) is 0 Å². The summed E-state index contributed by atoms with van der Waals surface area (Å²) in [5.74, 6) is -0.151. The molecule has 4 atom stereocenters. The van der Waals surface area contributed by atoms with Crippen LogP contribution in [0.4, 0.5) is 13.2 Å². The molecule has 0 amide bonds. The minimum Gasteiger partial charge on any atom is -0.378 e. The van der Waals surface area contributed by atoms with Gasteiger partial charge in [0.1, 0.15) is 5.82 Å². The highest BCUT2D eigenvalue weighted by atomic mass is 19.2. The number of allylic oxidation sites excluding steroid dienone is 6. The monoisotopic (exact) mass is 452 g/mol. The highest BCUT2D eigenvalue weighted by molar-refractivity contribution is 5.75. The van der Waals surface area contributed by atoms with Crippen LogP contribution in [0.2, 0.25) is 0 Å². The third kappa shape index (κ3) is 5.33. The van der Waals surface area contributed by atoms with E-state index in [0.29, 0.717) is 28.9 Å². The number of benzene rings is 2. The number of hydrogen-bond donors (Lipinski definition) is 0. The molecule has 1 nitrogen and oxygen atoms in total. The van der Waals surface area contributed by atoms with Gasteiger partial charge in [0.25, 0.3) is 0 Å². The second-order valence-electron chi connectivity index (χ2n) is 9.03. The Balaban J connectivity index is 1.43. The van der Waals surface area contributed by atoms with Gasteiger partial charge in [-0.05, 0) is 79.0 Å². The fraction of sp³-hybridized carbons (Fsp3) is 0.379. The molecule has 1 aliphatic carbocycles. The molecule has 0 N–H and O–H groups in total. The highest BCUT2D eigenvalue weighted by Gasteiger charge is 2.29. The van der Waals surface area contributed by atoms with Crippen molar-refractivity contribution in [3.63, 3.8) is 0 Å². The molecule has 1 aliphatic heterocycles. The molecule has 33 heavy (non-hydrogen) atoms. The SMILES string of the molecule is C/C=C/CCC1CCC(c2ccc(-c3ccc(C4=CC=C(C)C(F)C4F)cc3)cc2F)CO1. The van der Waals surface area contributed by atoms with Gasteiger partial charge in [-0.15, -0.1) is 0 Å². The third-order valence-electron chi connectivity index (χ3n) is 6.77. The molecule has 1 heterocycles. The van der Waals surface area contributed by atoms with Gasteiger partial charge in [-0.25, -0.2) is 13.2 Å². The first kappa shape index (κ1) is 23.6. The molecule has 4 heteroatoms. The van der Waals surface area contributed by atoms with Crippen LogP contribution in [0, 0.1) is 5.82 Å². The van der Waals surface area contributed by atoms with E-state index in [1.807, 2.05) is 31.2 Å². The summed E-state index contributed by atoms with van der Waals surface area (Å²) in [7, 11) is 0. The molecule has 2 aromatic rings. The second kappa shape index (κ2) is 10.6. The Morgan fingerprint density at radius 2 is 1.67 bits per heavy atom. The predicted molar refractivity (Wildman–Crippen MR) is 129 cm³/mol. The normalized spacial score (nSPS) is 25.7. The van der Waals surface area contributed by atoms with Gasteiger partial charge >= 0.3 is 0 Å². The summed E-state index contributed by atoms with van der Waals surface area (Å²) in [6.45, 7) is 4.16. The molecule has 1 saturated heterocycles. The molecule has 0 radical (unpaired) electrons. The number of hydrogen-bond acceptors (Lipinski definition) is 1. The minimum atomic E-state index is -1.67. The Bertz CT molecular complexity index is 1040. The minimum absolute atomic E-state index is 0.0734. The molecule has 4 unspecified atom stereocenters. The van der Waals surface area contributed by atoms with Crippen LogP contribution in [0.25, 0.3) is 16.7 Å². The molecule has 0 spiro atoms. The highest BCUT2D eigenvalue weighted by Crippen LogP contribution is 2.35. The van der Waals surface area contributed by atoms with Crippen LogP contribution >= 0.6 is 0 Å². The quantitative estimate of drug-likeness (QED) is 0.402. The van der Waals surface area contributed by atoms with Gasteiger partial charge in [-0.3, -0.25) is 0 Å². The lowest BCUT2D eigenvalue weighted by molar-refractivity contribution is -0.000797. The van der Waals surface area contributed by atoms with Crippen molar-refractivity contribution in [1.82, 2.24) is 0 Å². The zero-order chi connectivity index (χ0) is 23.4. The number of ether oxygens (including phenoxy) is 1. The fourth-order valence-corrected chi connectivity index (χ4v) is 4.67. The lowest BCUT2D eigenvalue weighted by Crippen LogP contribution is -2.25. The van der Waals surface area contributed by atoms with Crippen LogP contribution in [0.3, 0.4) is 0 Å². The van der Waals surface area contributed by atoms with Crippen LogP contribution in [-0.2, 0) is 4.74 Å². The standard InChI is InChI=1S/C29H31F3O/c1-3-4-5-6-24-14-12-23(18-33-24)25-16-13-22(17-27(25)30)20-8-10-21(11-9-20)26-15-7-19(2)28(31)29(26)32/h3-4,7-11,13,15-17,23-24,28-29H,5-6,12,14,18H2,1-2H3/b4-3+. The first-order valence-electron chi connectivity index (χ1n) is 11.8. The molecule has 174 valence electrons. The number of rotatable bonds is 6. The summed E-state index contributed by atoms with van der Waals surface area (Å²) < 4.78 is 49.5. The second-order valence-corrected chi connectivity index (χ2v) is 9.03. The Morgan fingerprint density at radius 3 is 2.33 bits per heavy atom. The van der Waals surface area contributed by atoms with Crippen LogP contribution < -0.4 is 0 Å². The largest absolute Gasteiger partial charge is 0.378 e. The average Bonchev–Trinajstić information content (AvgIpc) is 2.83. The van der Waals surface area contributed by atoms with E-state index in [0.717, 1.165) is 36.8 Å². The molecule has 1 fully saturated rings. The van der Waals surface area contributed by atoms with E-state index in [1.54, 1.807) is 37.3 Å². The van der Waals surface area contributed by atoms with Crippen LogP contribution in [0.15, 0.2) is 72.3 Å². The first-order chi connectivity index (χ1) is 16.0. The molecular weight excluding hydrogens is 421 g/mol. The van der Waals surface area contributed by atoms with Crippen molar-refractivity contribution in [3.05, 3.63) is 89.3 Å². The summed E-state index contributed by atoms with van der Waals surface area (Å²) in [5.41, 5.74) is 3.67. The lowest BCUT2D eigenvalue weighted by Gasteiger charge is -2.29. The smallest absolute Gasteiger partial charge is 0.161 e. The van der Waals surface area contributed by atoms with Gasteiger partial charge in [-0.2, -0.15) is 0 Å². The summed E-state index contributed by atoms with van der Waals surface area (Å²) >= 11 is 0. The van der Waals surface area contributed by atoms with Crippen molar-refractivity contribution in [3.8, 4) is 11.1 Å². The van der Waals surface area contributed by atoms with Crippen molar-refractivity contribution in [2.45, 2.75) is 63.9 Å². The van der Waals surface area contributed by atoms with E-state index in [4.69, 9.17) is 4.74 Å². The summed E-state index contributed by atoms with van der Waals surface area (Å²) in [5, 5.41) is 0. The van der Waals surface area contributed by atoms with E-state index < -0.39 is 12.3 Å². The molecule has 0 aromatic heterocycles. The Kier molecular flexibility index (Phi) is 7.54. The maximum absolute atomic E-state index is 15.0. The third-order valence-corrected chi connectivity index (χ3v) is 6.77. The van der Waals surface area contributed by atoms with Crippen molar-refractivity contribution in [2.75, 3.05) is 6.61 Å². The molecule has 2 aromatic carbocycles. The predicted octanol–water partition coefficient (Wildman–Crippen LogP) is 8.13. The van der Waals surface area contributed by atoms with E-state index in [2.05, 4.69) is 12.2 Å². The molecule has 2 aliphatic rings. The van der Waals surface area contributed by atoms with Crippen molar-refractivity contribution >= 4 is 5.57 Å². The Labute approximate surface area is 194 Å². The molecule has 0 saturated carbocycles. The fourth-order valence-electron chi connectivity index (χ4n) is 4.67. The average molecular weight is 453 g/mol. The maximum Gasteiger partial charge on any atom is 0.161 e. The summed E-state index contributed by atoms with van der Waals surface area (Å²) in [6.07, 6.45) is 8.34. The van der Waals surface area contributed by atoms with Gasteiger partial charge in [0, 0.05) is 5.92 Å². The van der Waals surface area contributed by atoms with Crippen molar-refractivity contribution in [2.24, 2.45) is 0 Å². The zero-order valence-electron chi connectivity index (χ0n) is 19.2. The molecule has 4 rings (SSSR count). The van der Waals surface area contributed by atoms with E-state index in [1.165, 1.54) is 0 Å². The summed E-state index contributed by atoms with van der Waals surface area (Å²) in [6, 6.07) is 12.5. The van der Waals surface area contributed by atoms with Crippen LogP contribution in [-0.4, -0.2) is 25.1 Å². The first-order valence-corrected chi connectivity index (χ1v) is 11.8. The number of halogens is 3. The topological polar surface area (TPSA) is 9.23 Å². The van der Waals surface area contributed by atoms with Crippen LogP contribution in [0.1, 0.15) is 56.6 Å². The van der Waals surface area contributed by atoms with Crippen molar-refractivity contribution < 1.29 is 17.9 Å². The summed E-state index contributed by atoms with van der Waals surface area (Å²) in [4.78, 5) is 0. The maximum atomic E-state index is 15.0. The zero-order valence-corrected chi connectivity index (χ0v) is 19.2. The van der Waals surface area contributed by atoms with E-state index in [-0.39, 0.29) is 17.8 Å². The lowest BCUT2D eigenvalue weighted by atomic mass is 9.88. The van der Waals surface area contributed by atoms with Crippen molar-refractivity contribution in [1.29, 1.82) is 0 Å². The number of alkyl halides is 2. The van der Waals surface area contributed by atoms with Gasteiger partial charge in [0.15, 0.2) is 12.3 Å². The van der Waals surface area contributed by atoms with E-state index in [9.17, 15) is 13.2 Å². The van der Waals surface area contributed by atoms with Gasteiger partial charge < -0.3 is 4.74 Å². The molecule has 0 bridgehead atoms. The Morgan fingerprint density at radius 1 is 0.939 bits per heavy atom.